The summed E-state index contributed by atoms with van der Waals surface area (Å²) in [6.07, 6.45) is 3.21. The number of carbonyl (C=O) groups excluding carboxylic acids is 1. The first-order valence-corrected chi connectivity index (χ1v) is 6.55. The van der Waals surface area contributed by atoms with Crippen molar-refractivity contribution in [2.75, 3.05) is 0 Å². The van der Waals surface area contributed by atoms with Gasteiger partial charge in [-0.15, -0.1) is 0 Å². The zero-order valence-corrected chi connectivity index (χ0v) is 11.0. The van der Waals surface area contributed by atoms with Gasteiger partial charge in [-0.25, -0.2) is 0 Å². The summed E-state index contributed by atoms with van der Waals surface area (Å²) < 4.78 is 1.82. The van der Waals surface area contributed by atoms with Gasteiger partial charge in [-0.2, -0.15) is 5.10 Å². The number of fused-ring (bicyclic) bond motifs is 1. The van der Waals surface area contributed by atoms with E-state index in [4.69, 9.17) is 0 Å². The van der Waals surface area contributed by atoms with Crippen molar-refractivity contribution >= 4 is 5.91 Å². The minimum atomic E-state index is 0.220. The summed E-state index contributed by atoms with van der Waals surface area (Å²) in [4.78, 5) is 14.1. The molecule has 0 radical (unpaired) electrons. The summed E-state index contributed by atoms with van der Waals surface area (Å²) in [6, 6.07) is 10.3. The summed E-state index contributed by atoms with van der Waals surface area (Å²) in [6.45, 7) is 1.32. The van der Waals surface area contributed by atoms with Gasteiger partial charge in [0.05, 0.1) is 12.2 Å². The molecule has 1 aliphatic rings. The number of rotatable bonds is 2. The van der Waals surface area contributed by atoms with Crippen LogP contribution in [0.25, 0.3) is 0 Å². The SMILES string of the molecule is Cn1nccc1CN1Cc2ccccc2CCC1=O. The van der Waals surface area contributed by atoms with Gasteiger partial charge in [0.15, 0.2) is 0 Å². The molecule has 1 aromatic carbocycles. The molecule has 2 heterocycles. The van der Waals surface area contributed by atoms with Gasteiger partial charge >= 0.3 is 0 Å². The van der Waals surface area contributed by atoms with E-state index in [0.717, 1.165) is 12.1 Å². The molecular formula is C15H17N3O. The summed E-state index contributed by atoms with van der Waals surface area (Å²) in [5, 5.41) is 4.15. The monoisotopic (exact) mass is 255 g/mol. The minimum absolute atomic E-state index is 0.220. The van der Waals surface area contributed by atoms with E-state index >= 15 is 0 Å². The van der Waals surface area contributed by atoms with Crippen molar-refractivity contribution in [2.45, 2.75) is 25.9 Å². The van der Waals surface area contributed by atoms with E-state index in [1.807, 2.05) is 34.8 Å². The quantitative estimate of drug-likeness (QED) is 0.822. The lowest BCUT2D eigenvalue weighted by Crippen LogP contribution is -2.29. The molecule has 0 aliphatic carbocycles. The average Bonchev–Trinajstić information content (AvgIpc) is 2.74. The van der Waals surface area contributed by atoms with Gasteiger partial charge < -0.3 is 4.90 Å². The lowest BCUT2D eigenvalue weighted by molar-refractivity contribution is -0.132. The molecule has 0 saturated carbocycles. The second-order valence-corrected chi connectivity index (χ2v) is 4.96. The molecule has 0 unspecified atom stereocenters. The Labute approximate surface area is 112 Å². The van der Waals surface area contributed by atoms with Crippen LogP contribution in [0.3, 0.4) is 0 Å². The molecular weight excluding hydrogens is 238 g/mol. The van der Waals surface area contributed by atoms with E-state index < -0.39 is 0 Å². The zero-order valence-electron chi connectivity index (χ0n) is 11.0. The first-order valence-electron chi connectivity index (χ1n) is 6.55. The van der Waals surface area contributed by atoms with Crippen molar-refractivity contribution in [1.29, 1.82) is 0 Å². The molecule has 98 valence electrons. The number of carbonyl (C=O) groups is 1. The summed E-state index contributed by atoms with van der Waals surface area (Å²) in [7, 11) is 1.91. The molecule has 0 N–H and O–H groups in total. The van der Waals surface area contributed by atoms with Crippen LogP contribution in [0.1, 0.15) is 23.2 Å². The smallest absolute Gasteiger partial charge is 0.223 e. The summed E-state index contributed by atoms with van der Waals surface area (Å²) >= 11 is 0. The number of amides is 1. The van der Waals surface area contributed by atoms with E-state index in [0.29, 0.717) is 19.5 Å². The number of aryl methyl sites for hydroxylation is 2. The molecule has 0 spiro atoms. The predicted octanol–water partition coefficient (Wildman–Crippen LogP) is 1.90. The highest BCUT2D eigenvalue weighted by molar-refractivity contribution is 5.77. The Hall–Kier alpha value is -2.10. The van der Waals surface area contributed by atoms with Gasteiger partial charge in [-0.1, -0.05) is 24.3 Å². The van der Waals surface area contributed by atoms with Crippen LogP contribution in [-0.2, 0) is 31.4 Å². The molecule has 0 bridgehead atoms. The van der Waals surface area contributed by atoms with Crippen LogP contribution < -0.4 is 0 Å². The van der Waals surface area contributed by atoms with Crippen molar-refractivity contribution in [2.24, 2.45) is 7.05 Å². The highest BCUT2D eigenvalue weighted by Gasteiger charge is 2.20. The Morgan fingerprint density at radius 3 is 2.68 bits per heavy atom. The summed E-state index contributed by atoms with van der Waals surface area (Å²) in [5.74, 6) is 0.220. The molecule has 2 aromatic rings. The van der Waals surface area contributed by atoms with Crippen LogP contribution in [0, 0.1) is 0 Å². The molecule has 1 aliphatic heterocycles. The fraction of sp³-hybridized carbons (Fsp3) is 0.333. The maximum Gasteiger partial charge on any atom is 0.223 e. The second kappa shape index (κ2) is 4.88. The standard InChI is InChI=1S/C15H17N3O/c1-17-14(8-9-16-17)11-18-10-13-5-3-2-4-12(13)6-7-15(18)19/h2-5,8-9H,6-7,10-11H2,1H3. The maximum absolute atomic E-state index is 12.2. The van der Waals surface area contributed by atoms with Gasteiger partial charge in [0.1, 0.15) is 0 Å². The molecule has 0 fully saturated rings. The van der Waals surface area contributed by atoms with Gasteiger partial charge in [0.25, 0.3) is 0 Å². The average molecular weight is 255 g/mol. The molecule has 19 heavy (non-hydrogen) atoms. The minimum Gasteiger partial charge on any atom is -0.332 e. The molecule has 3 rings (SSSR count). The van der Waals surface area contributed by atoms with E-state index in [1.54, 1.807) is 6.20 Å². The van der Waals surface area contributed by atoms with Crippen molar-refractivity contribution < 1.29 is 4.79 Å². The highest BCUT2D eigenvalue weighted by atomic mass is 16.2. The topological polar surface area (TPSA) is 38.1 Å². The first kappa shape index (κ1) is 12.0. The largest absolute Gasteiger partial charge is 0.332 e. The van der Waals surface area contributed by atoms with E-state index in [9.17, 15) is 4.79 Å². The van der Waals surface area contributed by atoms with Gasteiger partial charge in [-0.05, 0) is 23.6 Å². The van der Waals surface area contributed by atoms with E-state index in [2.05, 4.69) is 17.2 Å². The van der Waals surface area contributed by atoms with Gasteiger partial charge in [-0.3, -0.25) is 9.48 Å². The lowest BCUT2D eigenvalue weighted by Gasteiger charge is -2.21. The molecule has 0 atom stereocenters. The van der Waals surface area contributed by atoms with Crippen molar-refractivity contribution in [1.82, 2.24) is 14.7 Å². The summed E-state index contributed by atoms with van der Waals surface area (Å²) in [5.41, 5.74) is 3.62. The van der Waals surface area contributed by atoms with Crippen molar-refractivity contribution in [3.05, 3.63) is 53.3 Å². The Balaban J connectivity index is 1.85. The Morgan fingerprint density at radius 1 is 1.16 bits per heavy atom. The zero-order chi connectivity index (χ0) is 13.2. The third kappa shape index (κ3) is 2.38. The number of aromatic nitrogens is 2. The molecule has 4 nitrogen and oxygen atoms in total. The van der Waals surface area contributed by atoms with Crippen LogP contribution in [0.15, 0.2) is 36.5 Å². The predicted molar refractivity (Wildman–Crippen MR) is 72.2 cm³/mol. The highest BCUT2D eigenvalue weighted by Crippen LogP contribution is 2.20. The third-order valence-corrected chi connectivity index (χ3v) is 3.72. The van der Waals surface area contributed by atoms with Crippen molar-refractivity contribution in [3.8, 4) is 0 Å². The van der Waals surface area contributed by atoms with E-state index in [-0.39, 0.29) is 5.91 Å². The van der Waals surface area contributed by atoms with Crippen LogP contribution in [0.4, 0.5) is 0 Å². The van der Waals surface area contributed by atoms with E-state index in [1.165, 1.54) is 11.1 Å². The van der Waals surface area contributed by atoms with Crippen LogP contribution in [0.2, 0.25) is 0 Å². The number of benzene rings is 1. The number of hydrogen-bond acceptors (Lipinski definition) is 2. The van der Waals surface area contributed by atoms with Crippen molar-refractivity contribution in [3.63, 3.8) is 0 Å². The van der Waals surface area contributed by atoms with Gasteiger partial charge in [0.2, 0.25) is 5.91 Å². The first-order chi connectivity index (χ1) is 9.24. The normalized spacial score (nSPS) is 15.2. The Kier molecular flexibility index (Phi) is 3.07. The Morgan fingerprint density at radius 2 is 1.95 bits per heavy atom. The fourth-order valence-electron chi connectivity index (χ4n) is 2.55. The second-order valence-electron chi connectivity index (χ2n) is 4.96. The van der Waals surface area contributed by atoms with Crippen LogP contribution in [0.5, 0.6) is 0 Å². The van der Waals surface area contributed by atoms with Crippen LogP contribution in [-0.4, -0.2) is 20.6 Å². The molecule has 0 saturated heterocycles. The van der Waals surface area contributed by atoms with Gasteiger partial charge in [0, 0.05) is 26.2 Å². The lowest BCUT2D eigenvalue weighted by atomic mass is 10.0. The number of nitrogens with zero attached hydrogens (tertiary/aromatic N) is 3. The maximum atomic E-state index is 12.2. The Bertz CT molecular complexity index is 603. The molecule has 4 heteroatoms. The third-order valence-electron chi connectivity index (χ3n) is 3.72. The molecule has 1 amide bonds. The fourth-order valence-corrected chi connectivity index (χ4v) is 2.55. The number of hydrogen-bond donors (Lipinski definition) is 0. The molecule has 1 aromatic heterocycles. The van der Waals surface area contributed by atoms with Crippen LogP contribution >= 0.6 is 0 Å².